The van der Waals surface area contributed by atoms with Gasteiger partial charge in [-0.1, -0.05) is 19.9 Å². The topological polar surface area (TPSA) is 30.0 Å². The zero-order valence-electron chi connectivity index (χ0n) is 7.45. The summed E-state index contributed by atoms with van der Waals surface area (Å²) in [5.74, 6) is 0.383. The molecule has 0 aliphatic heterocycles. The molecule has 0 N–H and O–H groups in total. The number of carbonyl (C=O) groups excluding carboxylic acids is 1. The molecule has 1 heterocycles. The molecule has 0 radical (unpaired) electrons. The maximum Gasteiger partial charge on any atom is 0.139 e. The molecule has 12 heavy (non-hydrogen) atoms. The van der Waals surface area contributed by atoms with Crippen molar-refractivity contribution in [2.75, 3.05) is 0 Å². The molecule has 0 saturated heterocycles. The van der Waals surface area contributed by atoms with E-state index in [-0.39, 0.29) is 11.7 Å². The van der Waals surface area contributed by atoms with Crippen molar-refractivity contribution in [3.63, 3.8) is 0 Å². The third-order valence-electron chi connectivity index (χ3n) is 1.75. The summed E-state index contributed by atoms with van der Waals surface area (Å²) in [6.45, 7) is 3.83. The van der Waals surface area contributed by atoms with E-state index in [1.165, 1.54) is 0 Å². The molecule has 0 atom stereocenters. The molecule has 2 nitrogen and oxygen atoms in total. The summed E-state index contributed by atoms with van der Waals surface area (Å²) in [5, 5.41) is 0. The molecule has 0 aromatic carbocycles. The standard InChI is InChI=1S/C10H13NO/c1-8(2)10(12)6-9-4-3-5-11-7-9/h3-5,7-8H,6H2,1-2H3. The number of carbonyl (C=O) groups is 1. The van der Waals surface area contributed by atoms with E-state index in [0.29, 0.717) is 6.42 Å². The van der Waals surface area contributed by atoms with Gasteiger partial charge in [-0.05, 0) is 11.6 Å². The van der Waals surface area contributed by atoms with Gasteiger partial charge in [-0.3, -0.25) is 9.78 Å². The fourth-order valence-electron chi connectivity index (χ4n) is 0.908. The lowest BCUT2D eigenvalue weighted by Crippen LogP contribution is -2.10. The van der Waals surface area contributed by atoms with Gasteiger partial charge in [0.15, 0.2) is 0 Å². The Kier molecular flexibility index (Phi) is 2.97. The molecule has 0 unspecified atom stereocenters. The average molecular weight is 163 g/mol. The molecule has 0 bridgehead atoms. The Balaban J connectivity index is 2.59. The molecule has 0 saturated carbocycles. The first-order valence-corrected chi connectivity index (χ1v) is 4.12. The van der Waals surface area contributed by atoms with E-state index in [1.54, 1.807) is 12.4 Å². The van der Waals surface area contributed by atoms with Crippen molar-refractivity contribution < 1.29 is 4.79 Å². The van der Waals surface area contributed by atoms with Crippen LogP contribution < -0.4 is 0 Å². The largest absolute Gasteiger partial charge is 0.299 e. The summed E-state index contributed by atoms with van der Waals surface area (Å²) in [7, 11) is 0. The normalized spacial score (nSPS) is 10.2. The van der Waals surface area contributed by atoms with Gasteiger partial charge in [0.25, 0.3) is 0 Å². The number of ketones is 1. The number of aromatic nitrogens is 1. The highest BCUT2D eigenvalue weighted by atomic mass is 16.1. The van der Waals surface area contributed by atoms with E-state index < -0.39 is 0 Å². The number of nitrogens with zero attached hydrogens (tertiary/aromatic N) is 1. The summed E-state index contributed by atoms with van der Waals surface area (Å²) in [6.07, 6.45) is 3.95. The van der Waals surface area contributed by atoms with Crippen LogP contribution >= 0.6 is 0 Å². The minimum absolute atomic E-state index is 0.116. The summed E-state index contributed by atoms with van der Waals surface area (Å²) < 4.78 is 0. The van der Waals surface area contributed by atoms with Crippen LogP contribution in [0.15, 0.2) is 24.5 Å². The van der Waals surface area contributed by atoms with Crippen LogP contribution in [0.4, 0.5) is 0 Å². The summed E-state index contributed by atoms with van der Waals surface area (Å²) >= 11 is 0. The summed E-state index contributed by atoms with van der Waals surface area (Å²) in [6, 6.07) is 3.77. The zero-order valence-corrected chi connectivity index (χ0v) is 7.45. The Morgan fingerprint density at radius 2 is 2.33 bits per heavy atom. The van der Waals surface area contributed by atoms with Crippen molar-refractivity contribution in [3.05, 3.63) is 30.1 Å². The van der Waals surface area contributed by atoms with Gasteiger partial charge in [0.1, 0.15) is 5.78 Å². The summed E-state index contributed by atoms with van der Waals surface area (Å²) in [4.78, 5) is 15.2. The van der Waals surface area contributed by atoms with Gasteiger partial charge in [-0.25, -0.2) is 0 Å². The Labute approximate surface area is 72.6 Å². The van der Waals surface area contributed by atoms with Crippen LogP contribution in [-0.4, -0.2) is 10.8 Å². The molecule has 2 heteroatoms. The quantitative estimate of drug-likeness (QED) is 0.680. The second kappa shape index (κ2) is 4.00. The minimum Gasteiger partial charge on any atom is -0.299 e. The van der Waals surface area contributed by atoms with Crippen molar-refractivity contribution in [1.29, 1.82) is 0 Å². The second-order valence-electron chi connectivity index (χ2n) is 3.16. The predicted octanol–water partition coefficient (Wildman–Crippen LogP) is 1.85. The fourth-order valence-corrected chi connectivity index (χ4v) is 0.908. The van der Waals surface area contributed by atoms with Gasteiger partial charge < -0.3 is 0 Å². The van der Waals surface area contributed by atoms with Crippen LogP contribution in [0.2, 0.25) is 0 Å². The highest BCUT2D eigenvalue weighted by molar-refractivity contribution is 5.82. The fraction of sp³-hybridized carbons (Fsp3) is 0.400. The van der Waals surface area contributed by atoms with E-state index in [2.05, 4.69) is 4.98 Å². The summed E-state index contributed by atoms with van der Waals surface area (Å²) in [5.41, 5.74) is 0.996. The highest BCUT2D eigenvalue weighted by Crippen LogP contribution is 2.03. The van der Waals surface area contributed by atoms with Gasteiger partial charge in [0, 0.05) is 24.7 Å². The van der Waals surface area contributed by atoms with E-state index in [1.807, 2.05) is 26.0 Å². The Morgan fingerprint density at radius 3 is 2.83 bits per heavy atom. The molecule has 0 aliphatic carbocycles. The third-order valence-corrected chi connectivity index (χ3v) is 1.75. The molecule has 0 fully saturated rings. The molecular formula is C10H13NO. The predicted molar refractivity (Wildman–Crippen MR) is 47.8 cm³/mol. The average Bonchev–Trinajstić information content (AvgIpc) is 2.06. The van der Waals surface area contributed by atoms with E-state index >= 15 is 0 Å². The van der Waals surface area contributed by atoms with Crippen LogP contribution in [0.25, 0.3) is 0 Å². The molecule has 0 aliphatic rings. The van der Waals surface area contributed by atoms with Crippen molar-refractivity contribution >= 4 is 5.78 Å². The maximum atomic E-state index is 11.3. The van der Waals surface area contributed by atoms with Crippen LogP contribution in [0.3, 0.4) is 0 Å². The lowest BCUT2D eigenvalue weighted by Gasteiger charge is -2.02. The molecule has 1 aromatic rings. The third kappa shape index (κ3) is 2.46. The Bertz CT molecular complexity index is 254. The van der Waals surface area contributed by atoms with E-state index in [9.17, 15) is 4.79 Å². The van der Waals surface area contributed by atoms with Gasteiger partial charge in [0.2, 0.25) is 0 Å². The van der Waals surface area contributed by atoms with Crippen LogP contribution in [0.5, 0.6) is 0 Å². The lowest BCUT2D eigenvalue weighted by atomic mass is 10.0. The molecular weight excluding hydrogens is 150 g/mol. The number of rotatable bonds is 3. The second-order valence-corrected chi connectivity index (χ2v) is 3.16. The molecule has 0 amide bonds. The number of hydrogen-bond acceptors (Lipinski definition) is 2. The monoisotopic (exact) mass is 163 g/mol. The highest BCUT2D eigenvalue weighted by Gasteiger charge is 2.07. The molecule has 64 valence electrons. The smallest absolute Gasteiger partial charge is 0.139 e. The van der Waals surface area contributed by atoms with E-state index in [4.69, 9.17) is 0 Å². The Hall–Kier alpha value is -1.18. The lowest BCUT2D eigenvalue weighted by molar-refractivity contribution is -0.121. The number of pyridine rings is 1. The Morgan fingerprint density at radius 1 is 1.58 bits per heavy atom. The van der Waals surface area contributed by atoms with Crippen molar-refractivity contribution in [1.82, 2.24) is 4.98 Å². The number of hydrogen-bond donors (Lipinski definition) is 0. The van der Waals surface area contributed by atoms with Crippen LogP contribution in [-0.2, 0) is 11.2 Å². The van der Waals surface area contributed by atoms with E-state index in [0.717, 1.165) is 5.56 Å². The SMILES string of the molecule is CC(C)C(=O)Cc1cccnc1. The maximum absolute atomic E-state index is 11.3. The molecule has 0 spiro atoms. The van der Waals surface area contributed by atoms with Gasteiger partial charge >= 0.3 is 0 Å². The van der Waals surface area contributed by atoms with Crippen molar-refractivity contribution in [2.24, 2.45) is 5.92 Å². The van der Waals surface area contributed by atoms with Gasteiger partial charge in [-0.15, -0.1) is 0 Å². The van der Waals surface area contributed by atoms with Crippen LogP contribution in [0, 0.1) is 5.92 Å². The van der Waals surface area contributed by atoms with Crippen molar-refractivity contribution in [2.45, 2.75) is 20.3 Å². The molecule has 1 rings (SSSR count). The van der Waals surface area contributed by atoms with Gasteiger partial charge in [-0.2, -0.15) is 0 Å². The van der Waals surface area contributed by atoms with Crippen molar-refractivity contribution in [3.8, 4) is 0 Å². The first kappa shape index (κ1) is 8.91. The number of Topliss-reactive ketones (excluding diaryl/α,β-unsaturated/α-hetero) is 1. The van der Waals surface area contributed by atoms with Gasteiger partial charge in [0.05, 0.1) is 0 Å². The zero-order chi connectivity index (χ0) is 8.97. The minimum atomic E-state index is 0.116. The first-order valence-electron chi connectivity index (χ1n) is 4.12. The van der Waals surface area contributed by atoms with Crippen LogP contribution in [0.1, 0.15) is 19.4 Å². The first-order chi connectivity index (χ1) is 5.70. The molecule has 1 aromatic heterocycles.